The Morgan fingerprint density at radius 3 is 2.83 bits per heavy atom. The van der Waals surface area contributed by atoms with Crippen LogP contribution < -0.4 is 10.1 Å². The molecule has 1 heterocycles. The lowest BCUT2D eigenvalue weighted by Crippen LogP contribution is -2.29. The SMILES string of the molecule is CNC(CCOc1ccccc1)Cc1nccs1. The van der Waals surface area contributed by atoms with Crippen molar-refractivity contribution in [3.05, 3.63) is 46.9 Å². The van der Waals surface area contributed by atoms with Crippen molar-refractivity contribution in [1.29, 1.82) is 0 Å². The molecular weight excluding hydrogens is 244 g/mol. The zero-order chi connectivity index (χ0) is 12.6. The van der Waals surface area contributed by atoms with Crippen molar-refractivity contribution in [3.63, 3.8) is 0 Å². The van der Waals surface area contributed by atoms with Crippen molar-refractivity contribution < 1.29 is 4.74 Å². The molecule has 18 heavy (non-hydrogen) atoms. The minimum absolute atomic E-state index is 0.417. The van der Waals surface area contributed by atoms with E-state index in [1.54, 1.807) is 11.3 Å². The van der Waals surface area contributed by atoms with Gasteiger partial charge >= 0.3 is 0 Å². The first-order chi connectivity index (χ1) is 8.88. The predicted octanol–water partition coefficient (Wildman–Crippen LogP) is 2.74. The third kappa shape index (κ3) is 4.13. The number of hydrogen-bond donors (Lipinski definition) is 1. The Bertz CT molecular complexity index is 430. The molecule has 2 rings (SSSR count). The quantitative estimate of drug-likeness (QED) is 0.833. The highest BCUT2D eigenvalue weighted by atomic mass is 32.1. The van der Waals surface area contributed by atoms with Crippen molar-refractivity contribution >= 4 is 11.3 Å². The molecule has 0 bridgehead atoms. The summed E-state index contributed by atoms with van der Waals surface area (Å²) in [5.41, 5.74) is 0. The monoisotopic (exact) mass is 262 g/mol. The molecule has 1 N–H and O–H groups in total. The molecule has 0 aliphatic heterocycles. The van der Waals surface area contributed by atoms with Crippen LogP contribution in [0.3, 0.4) is 0 Å². The highest BCUT2D eigenvalue weighted by molar-refractivity contribution is 7.09. The summed E-state index contributed by atoms with van der Waals surface area (Å²) in [7, 11) is 1.99. The molecule has 0 aliphatic rings. The summed E-state index contributed by atoms with van der Waals surface area (Å²) in [5.74, 6) is 0.932. The van der Waals surface area contributed by atoms with Crippen LogP contribution in [0.5, 0.6) is 5.75 Å². The lowest BCUT2D eigenvalue weighted by molar-refractivity contribution is 0.288. The Morgan fingerprint density at radius 1 is 1.33 bits per heavy atom. The first kappa shape index (κ1) is 13.1. The van der Waals surface area contributed by atoms with Crippen molar-refractivity contribution in [3.8, 4) is 5.75 Å². The van der Waals surface area contributed by atoms with Crippen LogP contribution in [0.15, 0.2) is 41.9 Å². The minimum Gasteiger partial charge on any atom is -0.494 e. The van der Waals surface area contributed by atoms with Crippen molar-refractivity contribution in [2.45, 2.75) is 18.9 Å². The molecule has 1 unspecified atom stereocenters. The number of para-hydroxylation sites is 1. The fourth-order valence-electron chi connectivity index (χ4n) is 1.75. The summed E-state index contributed by atoms with van der Waals surface area (Å²) in [6.45, 7) is 0.723. The van der Waals surface area contributed by atoms with Crippen molar-refractivity contribution in [2.75, 3.05) is 13.7 Å². The van der Waals surface area contributed by atoms with Gasteiger partial charge in [-0.2, -0.15) is 0 Å². The molecule has 0 spiro atoms. The largest absolute Gasteiger partial charge is 0.494 e. The Hall–Kier alpha value is -1.39. The van der Waals surface area contributed by atoms with Gasteiger partial charge < -0.3 is 10.1 Å². The van der Waals surface area contributed by atoms with Gasteiger partial charge in [0.2, 0.25) is 0 Å². The van der Waals surface area contributed by atoms with Gasteiger partial charge in [-0.3, -0.25) is 0 Å². The van der Waals surface area contributed by atoms with Crippen molar-refractivity contribution in [1.82, 2.24) is 10.3 Å². The van der Waals surface area contributed by atoms with E-state index in [2.05, 4.69) is 10.3 Å². The summed E-state index contributed by atoms with van der Waals surface area (Å²) in [5, 5.41) is 6.50. The van der Waals surface area contributed by atoms with Crippen LogP contribution >= 0.6 is 11.3 Å². The molecule has 1 aromatic heterocycles. The van der Waals surface area contributed by atoms with Gasteiger partial charge in [0.05, 0.1) is 11.6 Å². The summed E-state index contributed by atoms with van der Waals surface area (Å²) in [6, 6.07) is 10.3. The normalized spacial score (nSPS) is 12.3. The molecule has 0 fully saturated rings. The number of ether oxygens (including phenoxy) is 1. The third-order valence-corrected chi connectivity index (χ3v) is 3.59. The van der Waals surface area contributed by atoms with E-state index < -0.39 is 0 Å². The predicted molar refractivity (Wildman–Crippen MR) is 75.2 cm³/mol. The first-order valence-electron chi connectivity index (χ1n) is 6.12. The first-order valence-corrected chi connectivity index (χ1v) is 7.00. The topological polar surface area (TPSA) is 34.1 Å². The summed E-state index contributed by atoms with van der Waals surface area (Å²) in [4.78, 5) is 4.31. The van der Waals surface area contributed by atoms with Gasteiger partial charge in [0.15, 0.2) is 0 Å². The maximum Gasteiger partial charge on any atom is 0.119 e. The van der Waals surface area contributed by atoms with Crippen LogP contribution in [-0.4, -0.2) is 24.7 Å². The second-order valence-corrected chi connectivity index (χ2v) is 5.04. The van der Waals surface area contributed by atoms with Gasteiger partial charge in [-0.05, 0) is 25.6 Å². The second-order valence-electron chi connectivity index (χ2n) is 4.07. The van der Waals surface area contributed by atoms with E-state index in [-0.39, 0.29) is 0 Å². The molecule has 0 saturated heterocycles. The molecule has 96 valence electrons. The Kier molecular flexibility index (Phi) is 5.17. The molecular formula is C14H18N2OS. The molecule has 0 amide bonds. The van der Waals surface area contributed by atoms with Crippen LogP contribution in [0.4, 0.5) is 0 Å². The third-order valence-electron chi connectivity index (χ3n) is 2.79. The van der Waals surface area contributed by atoms with Crippen LogP contribution in [0.1, 0.15) is 11.4 Å². The molecule has 2 aromatic rings. The van der Waals surface area contributed by atoms with E-state index in [9.17, 15) is 0 Å². The lowest BCUT2D eigenvalue weighted by Gasteiger charge is -2.15. The number of hydrogen-bond acceptors (Lipinski definition) is 4. The van der Waals surface area contributed by atoms with E-state index in [1.807, 2.05) is 49.0 Å². The minimum atomic E-state index is 0.417. The Morgan fingerprint density at radius 2 is 2.17 bits per heavy atom. The molecule has 3 nitrogen and oxygen atoms in total. The zero-order valence-electron chi connectivity index (χ0n) is 10.5. The van der Waals surface area contributed by atoms with Gasteiger partial charge in [0.25, 0.3) is 0 Å². The number of likely N-dealkylation sites (N-methyl/N-ethyl adjacent to an activating group) is 1. The molecule has 1 aromatic carbocycles. The average Bonchev–Trinajstić information content (AvgIpc) is 2.92. The summed E-state index contributed by atoms with van der Waals surface area (Å²) < 4.78 is 5.70. The van der Waals surface area contributed by atoms with Crippen LogP contribution in [0.25, 0.3) is 0 Å². The number of thiazole rings is 1. The summed E-state index contributed by atoms with van der Waals surface area (Å²) >= 11 is 1.70. The molecule has 0 radical (unpaired) electrons. The van der Waals surface area contributed by atoms with Gasteiger partial charge in [0.1, 0.15) is 5.75 Å². The van der Waals surface area contributed by atoms with Gasteiger partial charge in [-0.15, -0.1) is 11.3 Å². The van der Waals surface area contributed by atoms with E-state index in [0.717, 1.165) is 25.2 Å². The maximum atomic E-state index is 5.70. The fourth-order valence-corrected chi connectivity index (χ4v) is 2.45. The number of aromatic nitrogens is 1. The van der Waals surface area contributed by atoms with Crippen LogP contribution in [0.2, 0.25) is 0 Å². The number of rotatable bonds is 7. The molecule has 0 saturated carbocycles. The van der Waals surface area contributed by atoms with Gasteiger partial charge in [-0.25, -0.2) is 4.98 Å². The highest BCUT2D eigenvalue weighted by Crippen LogP contribution is 2.11. The Labute approximate surface area is 112 Å². The molecule has 4 heteroatoms. The van der Waals surface area contributed by atoms with Gasteiger partial charge in [0, 0.05) is 24.0 Å². The summed E-state index contributed by atoms with van der Waals surface area (Å²) in [6.07, 6.45) is 3.80. The number of benzene rings is 1. The standard InChI is InChI=1S/C14H18N2OS/c1-15-12(11-14-16-8-10-18-14)7-9-17-13-5-3-2-4-6-13/h2-6,8,10,12,15H,7,9,11H2,1H3. The molecule has 0 aliphatic carbocycles. The Balaban J connectivity index is 1.74. The van der Waals surface area contributed by atoms with Crippen molar-refractivity contribution in [2.24, 2.45) is 0 Å². The van der Waals surface area contributed by atoms with E-state index in [0.29, 0.717) is 6.04 Å². The number of nitrogens with zero attached hydrogens (tertiary/aromatic N) is 1. The second kappa shape index (κ2) is 7.13. The maximum absolute atomic E-state index is 5.70. The lowest BCUT2D eigenvalue weighted by atomic mass is 10.1. The number of nitrogens with one attached hydrogen (secondary N) is 1. The molecule has 1 atom stereocenters. The van der Waals surface area contributed by atoms with Gasteiger partial charge in [-0.1, -0.05) is 18.2 Å². The highest BCUT2D eigenvalue weighted by Gasteiger charge is 2.09. The van der Waals surface area contributed by atoms with Crippen LogP contribution in [0, 0.1) is 0 Å². The average molecular weight is 262 g/mol. The fraction of sp³-hybridized carbons (Fsp3) is 0.357. The van der Waals surface area contributed by atoms with E-state index in [1.165, 1.54) is 5.01 Å². The zero-order valence-corrected chi connectivity index (χ0v) is 11.3. The smallest absolute Gasteiger partial charge is 0.119 e. The van der Waals surface area contributed by atoms with E-state index >= 15 is 0 Å². The van der Waals surface area contributed by atoms with Crippen LogP contribution in [-0.2, 0) is 6.42 Å². The van der Waals surface area contributed by atoms with E-state index in [4.69, 9.17) is 4.74 Å².